The maximum Gasteiger partial charge on any atom is 0.335 e. The predicted octanol–water partition coefficient (Wildman–Crippen LogP) is 3.24. The molecule has 0 radical (unpaired) electrons. The number of carbonyl (C=O) groups is 1. The summed E-state index contributed by atoms with van der Waals surface area (Å²) in [6.07, 6.45) is 0. The van der Waals surface area contributed by atoms with E-state index < -0.39 is 16.0 Å². The van der Waals surface area contributed by atoms with Crippen molar-refractivity contribution in [2.24, 2.45) is 5.92 Å². The van der Waals surface area contributed by atoms with Gasteiger partial charge in [0.25, 0.3) is 10.0 Å². The Balaban J connectivity index is 2.47. The fourth-order valence-electron chi connectivity index (χ4n) is 2.16. The molecule has 0 aliphatic carbocycles. The van der Waals surface area contributed by atoms with Crippen LogP contribution >= 0.6 is 0 Å². The van der Waals surface area contributed by atoms with Crippen molar-refractivity contribution in [3.8, 4) is 0 Å². The number of rotatable bonds is 6. The van der Waals surface area contributed by atoms with E-state index in [-0.39, 0.29) is 16.4 Å². The van der Waals surface area contributed by atoms with Crippen molar-refractivity contribution in [1.82, 2.24) is 0 Å². The third-order valence-electron chi connectivity index (χ3n) is 3.26. The van der Waals surface area contributed by atoms with Crippen LogP contribution in [0.2, 0.25) is 0 Å². The van der Waals surface area contributed by atoms with Gasteiger partial charge in [0, 0.05) is 6.54 Å². The van der Waals surface area contributed by atoms with Gasteiger partial charge in [0.05, 0.1) is 16.1 Å². The monoisotopic (exact) mass is 333 g/mol. The topological polar surface area (TPSA) is 74.7 Å². The maximum atomic E-state index is 12.9. The molecular formula is C17H19NO4S. The highest BCUT2D eigenvalue weighted by Crippen LogP contribution is 2.25. The van der Waals surface area contributed by atoms with E-state index in [0.29, 0.717) is 12.2 Å². The quantitative estimate of drug-likeness (QED) is 0.880. The highest BCUT2D eigenvalue weighted by Gasteiger charge is 2.25. The van der Waals surface area contributed by atoms with E-state index in [0.717, 1.165) is 0 Å². The third kappa shape index (κ3) is 3.90. The standard InChI is InChI=1S/C17H19NO4S/c1-13(2)12-18(15-10-8-14(9-11-15)17(19)20)23(21,22)16-6-4-3-5-7-16/h3-11,13H,12H2,1-2H3,(H,19,20). The molecule has 5 nitrogen and oxygen atoms in total. The maximum absolute atomic E-state index is 12.9. The van der Waals surface area contributed by atoms with Gasteiger partial charge in [-0.1, -0.05) is 32.0 Å². The van der Waals surface area contributed by atoms with Gasteiger partial charge in [0.15, 0.2) is 0 Å². The molecule has 122 valence electrons. The molecule has 0 aromatic heterocycles. The molecule has 0 aliphatic rings. The lowest BCUT2D eigenvalue weighted by Crippen LogP contribution is -2.34. The lowest BCUT2D eigenvalue weighted by molar-refractivity contribution is 0.0697. The van der Waals surface area contributed by atoms with Crippen molar-refractivity contribution < 1.29 is 18.3 Å². The number of sulfonamides is 1. The first-order chi connectivity index (χ1) is 10.8. The van der Waals surface area contributed by atoms with Crippen LogP contribution in [0, 0.1) is 5.92 Å². The molecule has 2 aromatic carbocycles. The summed E-state index contributed by atoms with van der Waals surface area (Å²) in [5.41, 5.74) is 0.572. The zero-order valence-corrected chi connectivity index (χ0v) is 13.8. The first-order valence-corrected chi connectivity index (χ1v) is 8.67. The molecule has 1 N–H and O–H groups in total. The molecule has 23 heavy (non-hydrogen) atoms. The van der Waals surface area contributed by atoms with Crippen LogP contribution < -0.4 is 4.31 Å². The van der Waals surface area contributed by atoms with Gasteiger partial charge in [0.1, 0.15) is 0 Å². The summed E-state index contributed by atoms with van der Waals surface area (Å²) in [6, 6.07) is 14.1. The zero-order chi connectivity index (χ0) is 17.0. The number of nitrogens with zero attached hydrogens (tertiary/aromatic N) is 1. The van der Waals surface area contributed by atoms with Crippen molar-refractivity contribution in [1.29, 1.82) is 0 Å². The number of anilines is 1. The van der Waals surface area contributed by atoms with Crippen molar-refractivity contribution in [2.75, 3.05) is 10.8 Å². The van der Waals surface area contributed by atoms with Crippen molar-refractivity contribution in [2.45, 2.75) is 18.7 Å². The molecule has 0 spiro atoms. The van der Waals surface area contributed by atoms with Crippen molar-refractivity contribution in [3.63, 3.8) is 0 Å². The largest absolute Gasteiger partial charge is 0.478 e. The SMILES string of the molecule is CC(C)CN(c1ccc(C(=O)O)cc1)S(=O)(=O)c1ccccc1. The van der Waals surface area contributed by atoms with E-state index in [1.54, 1.807) is 30.3 Å². The van der Waals surface area contributed by atoms with Gasteiger partial charge < -0.3 is 5.11 Å². The molecule has 0 atom stereocenters. The Morgan fingerprint density at radius 2 is 1.61 bits per heavy atom. The molecule has 2 rings (SSSR count). The van der Waals surface area contributed by atoms with Gasteiger partial charge in [0.2, 0.25) is 0 Å². The van der Waals surface area contributed by atoms with E-state index in [4.69, 9.17) is 5.11 Å². The number of hydrogen-bond acceptors (Lipinski definition) is 3. The Hall–Kier alpha value is -2.34. The number of hydrogen-bond donors (Lipinski definition) is 1. The normalized spacial score (nSPS) is 11.4. The molecule has 6 heteroatoms. The van der Waals surface area contributed by atoms with Crippen LogP contribution in [-0.4, -0.2) is 26.0 Å². The number of carboxylic acids is 1. The third-order valence-corrected chi connectivity index (χ3v) is 5.07. The van der Waals surface area contributed by atoms with Crippen LogP contribution in [0.25, 0.3) is 0 Å². The lowest BCUT2D eigenvalue weighted by Gasteiger charge is -2.26. The fraction of sp³-hybridized carbons (Fsp3) is 0.235. The van der Waals surface area contributed by atoms with Crippen LogP contribution in [0.5, 0.6) is 0 Å². The number of benzene rings is 2. The van der Waals surface area contributed by atoms with Crippen molar-refractivity contribution in [3.05, 3.63) is 60.2 Å². The summed E-state index contributed by atoms with van der Waals surface area (Å²) in [4.78, 5) is 11.2. The second-order valence-corrected chi connectivity index (χ2v) is 7.46. The van der Waals surface area contributed by atoms with Crippen LogP contribution in [0.1, 0.15) is 24.2 Å². The summed E-state index contributed by atoms with van der Waals surface area (Å²) >= 11 is 0. The zero-order valence-electron chi connectivity index (χ0n) is 13.0. The summed E-state index contributed by atoms with van der Waals surface area (Å²) < 4.78 is 27.1. The van der Waals surface area contributed by atoms with E-state index in [1.807, 2.05) is 13.8 Å². The van der Waals surface area contributed by atoms with Crippen LogP contribution in [0.15, 0.2) is 59.5 Å². The van der Waals surface area contributed by atoms with Crippen LogP contribution in [0.3, 0.4) is 0 Å². The molecule has 2 aromatic rings. The summed E-state index contributed by atoms with van der Waals surface area (Å²) in [6.45, 7) is 4.17. The van der Waals surface area contributed by atoms with E-state index in [1.165, 1.54) is 28.6 Å². The summed E-state index contributed by atoms with van der Waals surface area (Å²) in [5.74, 6) is -0.925. The van der Waals surface area contributed by atoms with E-state index in [2.05, 4.69) is 0 Å². The predicted molar refractivity (Wildman–Crippen MR) is 89.2 cm³/mol. The Kier molecular flexibility index (Phi) is 5.05. The average Bonchev–Trinajstić information content (AvgIpc) is 2.53. The lowest BCUT2D eigenvalue weighted by atomic mass is 10.2. The van der Waals surface area contributed by atoms with Gasteiger partial charge in [-0.05, 0) is 42.3 Å². The smallest absolute Gasteiger partial charge is 0.335 e. The average molecular weight is 333 g/mol. The van der Waals surface area contributed by atoms with Crippen LogP contribution in [-0.2, 0) is 10.0 Å². The van der Waals surface area contributed by atoms with E-state index >= 15 is 0 Å². The van der Waals surface area contributed by atoms with Gasteiger partial charge in [-0.3, -0.25) is 4.31 Å². The minimum absolute atomic E-state index is 0.118. The van der Waals surface area contributed by atoms with Crippen LogP contribution in [0.4, 0.5) is 5.69 Å². The molecule has 0 saturated heterocycles. The fourth-order valence-corrected chi connectivity index (χ4v) is 3.81. The second kappa shape index (κ2) is 6.83. The highest BCUT2D eigenvalue weighted by atomic mass is 32.2. The molecule has 0 amide bonds. The minimum atomic E-state index is -3.70. The number of aromatic carboxylic acids is 1. The Morgan fingerprint density at radius 1 is 1.04 bits per heavy atom. The molecule has 0 saturated carbocycles. The van der Waals surface area contributed by atoms with Gasteiger partial charge in [-0.15, -0.1) is 0 Å². The minimum Gasteiger partial charge on any atom is -0.478 e. The second-order valence-electron chi connectivity index (χ2n) is 5.60. The first-order valence-electron chi connectivity index (χ1n) is 7.23. The summed E-state index contributed by atoms with van der Waals surface area (Å²) in [7, 11) is -3.70. The molecule has 0 heterocycles. The first kappa shape index (κ1) is 17.0. The molecule has 0 unspecified atom stereocenters. The Labute approximate surface area is 136 Å². The highest BCUT2D eigenvalue weighted by molar-refractivity contribution is 7.92. The van der Waals surface area contributed by atoms with E-state index in [9.17, 15) is 13.2 Å². The molecular weight excluding hydrogens is 314 g/mol. The Bertz CT molecular complexity index is 768. The molecule has 0 bridgehead atoms. The molecule has 0 aliphatic heterocycles. The Morgan fingerprint density at radius 3 is 2.09 bits per heavy atom. The van der Waals surface area contributed by atoms with Gasteiger partial charge in [-0.2, -0.15) is 0 Å². The number of carboxylic acid groups (broad SMARTS) is 1. The molecule has 0 fully saturated rings. The van der Waals surface area contributed by atoms with Crippen molar-refractivity contribution >= 4 is 21.7 Å². The summed E-state index contributed by atoms with van der Waals surface area (Å²) in [5, 5.41) is 8.97. The van der Waals surface area contributed by atoms with Gasteiger partial charge in [-0.25, -0.2) is 13.2 Å². The van der Waals surface area contributed by atoms with Gasteiger partial charge >= 0.3 is 5.97 Å².